The van der Waals surface area contributed by atoms with Crippen LogP contribution in [0.25, 0.3) is 0 Å². The van der Waals surface area contributed by atoms with Gasteiger partial charge in [0.25, 0.3) is 0 Å². The van der Waals surface area contributed by atoms with Gasteiger partial charge in [0.2, 0.25) is 0 Å². The third-order valence-electron chi connectivity index (χ3n) is 2.40. The molecule has 0 aromatic carbocycles. The molecular formula is C9H20O3. The van der Waals surface area contributed by atoms with Crippen LogP contribution in [0.4, 0.5) is 0 Å². The van der Waals surface area contributed by atoms with Crippen LogP contribution in [0.3, 0.4) is 0 Å². The Morgan fingerprint density at radius 3 is 1.67 bits per heavy atom. The smallest absolute Gasteiger partial charge is 0.0489 e. The zero-order valence-corrected chi connectivity index (χ0v) is 7.79. The SMILES string of the molecule is CCCC(CO)(CCO)CCO. The first-order chi connectivity index (χ1) is 5.74. The molecule has 0 saturated carbocycles. The monoisotopic (exact) mass is 176 g/mol. The molecular weight excluding hydrogens is 156 g/mol. The van der Waals surface area contributed by atoms with E-state index in [4.69, 9.17) is 15.3 Å². The lowest BCUT2D eigenvalue weighted by Crippen LogP contribution is -2.28. The Bertz CT molecular complexity index is 86.9. The molecule has 0 aromatic heterocycles. The van der Waals surface area contributed by atoms with E-state index < -0.39 is 0 Å². The predicted molar refractivity (Wildman–Crippen MR) is 47.8 cm³/mol. The van der Waals surface area contributed by atoms with Gasteiger partial charge in [-0.1, -0.05) is 13.3 Å². The van der Waals surface area contributed by atoms with Gasteiger partial charge in [-0.05, 0) is 24.7 Å². The zero-order chi connectivity index (χ0) is 9.45. The van der Waals surface area contributed by atoms with Crippen LogP contribution in [0.2, 0.25) is 0 Å². The van der Waals surface area contributed by atoms with E-state index in [1.807, 2.05) is 6.92 Å². The highest BCUT2D eigenvalue weighted by Gasteiger charge is 2.26. The normalized spacial score (nSPS) is 12.0. The van der Waals surface area contributed by atoms with Crippen LogP contribution in [0.15, 0.2) is 0 Å². The average Bonchev–Trinajstić information content (AvgIpc) is 2.06. The second-order valence-electron chi connectivity index (χ2n) is 3.36. The molecule has 0 spiro atoms. The Hall–Kier alpha value is -0.120. The molecule has 0 unspecified atom stereocenters. The summed E-state index contributed by atoms with van der Waals surface area (Å²) in [6, 6.07) is 0. The number of hydrogen-bond donors (Lipinski definition) is 3. The van der Waals surface area contributed by atoms with Crippen LogP contribution < -0.4 is 0 Å². The minimum absolute atomic E-state index is 0.0575. The molecule has 0 fully saturated rings. The summed E-state index contributed by atoms with van der Waals surface area (Å²) in [4.78, 5) is 0. The quantitative estimate of drug-likeness (QED) is 0.530. The van der Waals surface area contributed by atoms with E-state index in [-0.39, 0.29) is 25.2 Å². The fourth-order valence-electron chi connectivity index (χ4n) is 1.62. The molecule has 0 aromatic rings. The van der Waals surface area contributed by atoms with E-state index in [9.17, 15) is 0 Å². The third kappa shape index (κ3) is 3.52. The molecule has 0 aliphatic carbocycles. The van der Waals surface area contributed by atoms with E-state index in [0.717, 1.165) is 12.8 Å². The fraction of sp³-hybridized carbons (Fsp3) is 1.00. The van der Waals surface area contributed by atoms with E-state index in [2.05, 4.69) is 0 Å². The van der Waals surface area contributed by atoms with Crippen molar-refractivity contribution in [3.8, 4) is 0 Å². The van der Waals surface area contributed by atoms with Crippen LogP contribution in [0, 0.1) is 5.41 Å². The van der Waals surface area contributed by atoms with Crippen LogP contribution in [-0.4, -0.2) is 35.1 Å². The Morgan fingerprint density at radius 1 is 0.917 bits per heavy atom. The molecule has 0 bridgehead atoms. The van der Waals surface area contributed by atoms with Gasteiger partial charge >= 0.3 is 0 Å². The maximum absolute atomic E-state index is 9.15. The first-order valence-corrected chi connectivity index (χ1v) is 4.57. The van der Waals surface area contributed by atoms with E-state index in [0.29, 0.717) is 12.8 Å². The van der Waals surface area contributed by atoms with Crippen molar-refractivity contribution < 1.29 is 15.3 Å². The molecule has 3 N–H and O–H groups in total. The van der Waals surface area contributed by atoms with Crippen molar-refractivity contribution in [2.75, 3.05) is 19.8 Å². The topological polar surface area (TPSA) is 60.7 Å². The Balaban J connectivity index is 4.06. The van der Waals surface area contributed by atoms with Gasteiger partial charge in [-0.25, -0.2) is 0 Å². The summed E-state index contributed by atoms with van der Waals surface area (Å²) in [7, 11) is 0. The number of aliphatic hydroxyl groups is 3. The molecule has 0 saturated heterocycles. The zero-order valence-electron chi connectivity index (χ0n) is 7.79. The summed E-state index contributed by atoms with van der Waals surface area (Å²) in [5.74, 6) is 0. The molecule has 0 amide bonds. The molecule has 0 heterocycles. The first kappa shape index (κ1) is 11.9. The minimum Gasteiger partial charge on any atom is -0.396 e. The highest BCUT2D eigenvalue weighted by atomic mass is 16.3. The van der Waals surface area contributed by atoms with E-state index in [1.165, 1.54) is 0 Å². The summed E-state index contributed by atoms with van der Waals surface area (Å²) >= 11 is 0. The molecule has 0 radical (unpaired) electrons. The van der Waals surface area contributed by atoms with Crippen molar-refractivity contribution in [2.45, 2.75) is 32.6 Å². The number of rotatable bonds is 7. The first-order valence-electron chi connectivity index (χ1n) is 4.57. The Labute approximate surface area is 74.0 Å². The summed E-state index contributed by atoms with van der Waals surface area (Å²) in [6.07, 6.45) is 3.00. The number of hydrogen-bond acceptors (Lipinski definition) is 3. The van der Waals surface area contributed by atoms with Crippen molar-refractivity contribution in [2.24, 2.45) is 5.41 Å². The highest BCUT2D eigenvalue weighted by Crippen LogP contribution is 2.30. The van der Waals surface area contributed by atoms with Crippen molar-refractivity contribution in [1.29, 1.82) is 0 Å². The maximum atomic E-state index is 9.15. The molecule has 3 heteroatoms. The fourth-order valence-corrected chi connectivity index (χ4v) is 1.62. The molecule has 0 rings (SSSR count). The molecule has 74 valence electrons. The summed E-state index contributed by atoms with van der Waals surface area (Å²) in [6.45, 7) is 2.27. The van der Waals surface area contributed by atoms with Gasteiger partial charge in [0.1, 0.15) is 0 Å². The largest absolute Gasteiger partial charge is 0.396 e. The summed E-state index contributed by atoms with van der Waals surface area (Å²) in [5.41, 5.74) is -0.252. The minimum atomic E-state index is -0.252. The van der Waals surface area contributed by atoms with Gasteiger partial charge < -0.3 is 15.3 Å². The molecule has 0 atom stereocenters. The Morgan fingerprint density at radius 2 is 1.42 bits per heavy atom. The van der Waals surface area contributed by atoms with Crippen molar-refractivity contribution >= 4 is 0 Å². The second-order valence-corrected chi connectivity index (χ2v) is 3.36. The average molecular weight is 176 g/mol. The third-order valence-corrected chi connectivity index (χ3v) is 2.40. The molecule has 0 aliphatic rings. The summed E-state index contributed by atoms with van der Waals surface area (Å²) in [5, 5.41) is 26.7. The molecule has 3 nitrogen and oxygen atoms in total. The van der Waals surface area contributed by atoms with E-state index >= 15 is 0 Å². The van der Waals surface area contributed by atoms with Crippen LogP contribution >= 0.6 is 0 Å². The second kappa shape index (κ2) is 6.40. The molecule has 0 aliphatic heterocycles. The Kier molecular flexibility index (Phi) is 6.34. The van der Waals surface area contributed by atoms with Gasteiger partial charge in [0, 0.05) is 19.8 Å². The van der Waals surface area contributed by atoms with Gasteiger partial charge in [-0.15, -0.1) is 0 Å². The van der Waals surface area contributed by atoms with Crippen molar-refractivity contribution in [3.63, 3.8) is 0 Å². The van der Waals surface area contributed by atoms with Crippen molar-refractivity contribution in [1.82, 2.24) is 0 Å². The van der Waals surface area contributed by atoms with Crippen molar-refractivity contribution in [3.05, 3.63) is 0 Å². The number of aliphatic hydroxyl groups excluding tert-OH is 3. The lowest BCUT2D eigenvalue weighted by molar-refractivity contribution is 0.0553. The maximum Gasteiger partial charge on any atom is 0.0489 e. The highest BCUT2D eigenvalue weighted by molar-refractivity contribution is 4.77. The van der Waals surface area contributed by atoms with Gasteiger partial charge in [0.05, 0.1) is 0 Å². The summed E-state index contributed by atoms with van der Waals surface area (Å²) < 4.78 is 0. The van der Waals surface area contributed by atoms with Gasteiger partial charge in [-0.3, -0.25) is 0 Å². The van der Waals surface area contributed by atoms with Crippen LogP contribution in [-0.2, 0) is 0 Å². The van der Waals surface area contributed by atoms with Crippen LogP contribution in [0.1, 0.15) is 32.6 Å². The molecule has 12 heavy (non-hydrogen) atoms. The van der Waals surface area contributed by atoms with Crippen LogP contribution in [0.5, 0.6) is 0 Å². The predicted octanol–water partition coefficient (Wildman–Crippen LogP) is 0.530. The lowest BCUT2D eigenvalue weighted by Gasteiger charge is -2.30. The van der Waals surface area contributed by atoms with E-state index in [1.54, 1.807) is 0 Å². The van der Waals surface area contributed by atoms with Gasteiger partial charge in [0.15, 0.2) is 0 Å². The van der Waals surface area contributed by atoms with Gasteiger partial charge in [-0.2, -0.15) is 0 Å². The standard InChI is InChI=1S/C9H20O3/c1-2-3-9(8-12,4-6-10)5-7-11/h10-12H,2-8H2,1H3. The lowest BCUT2D eigenvalue weighted by atomic mass is 9.78.